The van der Waals surface area contributed by atoms with Gasteiger partial charge in [-0.15, -0.1) is 0 Å². The first kappa shape index (κ1) is 17.3. The van der Waals surface area contributed by atoms with Gasteiger partial charge in [-0.3, -0.25) is 4.98 Å². The second-order valence-corrected chi connectivity index (χ2v) is 7.44. The number of rotatable bonds is 3. The van der Waals surface area contributed by atoms with Gasteiger partial charge < -0.3 is 14.7 Å². The predicted octanol–water partition coefficient (Wildman–Crippen LogP) is 2.29. The second kappa shape index (κ2) is 7.16. The molecule has 1 fully saturated rings. The molecule has 1 saturated heterocycles. The average Bonchev–Trinajstić information content (AvgIpc) is 3.03. The van der Waals surface area contributed by atoms with E-state index in [4.69, 9.17) is 4.52 Å². The lowest BCUT2D eigenvalue weighted by Crippen LogP contribution is -2.51. The van der Waals surface area contributed by atoms with Gasteiger partial charge >= 0.3 is 6.03 Å². The Morgan fingerprint density at radius 2 is 2.24 bits per heavy atom. The van der Waals surface area contributed by atoms with Crippen LogP contribution in [0.3, 0.4) is 0 Å². The molecule has 2 amide bonds. The molecular formula is C17H24N6O2. The summed E-state index contributed by atoms with van der Waals surface area (Å²) in [6, 6.07) is -0.0111. The predicted molar refractivity (Wildman–Crippen MR) is 91.6 cm³/mol. The minimum Gasteiger partial charge on any atom is -0.339 e. The molecular weight excluding hydrogens is 320 g/mol. The van der Waals surface area contributed by atoms with Crippen molar-refractivity contribution in [2.45, 2.75) is 45.6 Å². The number of piperidine rings is 1. The van der Waals surface area contributed by atoms with Gasteiger partial charge in [-0.05, 0) is 39.5 Å². The van der Waals surface area contributed by atoms with E-state index in [-0.39, 0.29) is 11.6 Å². The largest absolute Gasteiger partial charge is 0.339 e. The molecule has 0 spiro atoms. The van der Waals surface area contributed by atoms with Crippen molar-refractivity contribution in [3.63, 3.8) is 0 Å². The van der Waals surface area contributed by atoms with E-state index in [0.29, 0.717) is 36.3 Å². The van der Waals surface area contributed by atoms with Crippen molar-refractivity contribution in [3.8, 4) is 11.5 Å². The first-order valence-electron chi connectivity index (χ1n) is 8.57. The minimum absolute atomic E-state index is 0.0111. The summed E-state index contributed by atoms with van der Waals surface area (Å²) in [4.78, 5) is 26.8. The van der Waals surface area contributed by atoms with Crippen LogP contribution in [0.25, 0.3) is 11.5 Å². The zero-order valence-electron chi connectivity index (χ0n) is 14.9. The van der Waals surface area contributed by atoms with E-state index in [9.17, 15) is 4.79 Å². The Bertz CT molecular complexity index is 709. The van der Waals surface area contributed by atoms with Crippen LogP contribution in [0.15, 0.2) is 23.1 Å². The zero-order chi connectivity index (χ0) is 17.9. The van der Waals surface area contributed by atoms with Crippen molar-refractivity contribution in [1.82, 2.24) is 30.3 Å². The molecule has 8 heteroatoms. The van der Waals surface area contributed by atoms with Crippen LogP contribution in [-0.2, 0) is 6.42 Å². The van der Waals surface area contributed by atoms with Crippen molar-refractivity contribution >= 4 is 6.03 Å². The normalized spacial score (nSPS) is 18.2. The summed E-state index contributed by atoms with van der Waals surface area (Å²) < 4.78 is 5.35. The molecule has 0 radical (unpaired) electrons. The molecule has 8 nitrogen and oxygen atoms in total. The van der Waals surface area contributed by atoms with Crippen LogP contribution in [-0.4, -0.2) is 49.7 Å². The smallest absolute Gasteiger partial charge is 0.317 e. The Morgan fingerprint density at radius 1 is 1.40 bits per heavy atom. The fraction of sp³-hybridized carbons (Fsp3) is 0.588. The van der Waals surface area contributed by atoms with Crippen molar-refractivity contribution in [2.75, 3.05) is 13.1 Å². The van der Waals surface area contributed by atoms with E-state index < -0.39 is 0 Å². The molecule has 3 heterocycles. The van der Waals surface area contributed by atoms with Crippen LogP contribution in [0.1, 0.15) is 39.5 Å². The SMILES string of the molecule is CC(C)(C)NC(=O)N1CCC[C@H](Cc2nc(-c3cnccn3)no2)C1. The molecule has 0 unspecified atom stereocenters. The van der Waals surface area contributed by atoms with Crippen LogP contribution in [0.2, 0.25) is 0 Å². The van der Waals surface area contributed by atoms with Crippen LogP contribution in [0, 0.1) is 5.92 Å². The lowest BCUT2D eigenvalue weighted by molar-refractivity contribution is 0.155. The number of hydrogen-bond acceptors (Lipinski definition) is 6. The number of likely N-dealkylation sites (tertiary alicyclic amines) is 1. The minimum atomic E-state index is -0.234. The highest BCUT2D eigenvalue weighted by Gasteiger charge is 2.27. The van der Waals surface area contributed by atoms with E-state index in [2.05, 4.69) is 25.4 Å². The third-order valence-electron chi connectivity index (χ3n) is 4.01. The number of nitrogens with one attached hydrogen (secondary N) is 1. The summed E-state index contributed by atoms with van der Waals surface area (Å²) in [5, 5.41) is 6.99. The van der Waals surface area contributed by atoms with Gasteiger partial charge in [0.1, 0.15) is 5.69 Å². The maximum Gasteiger partial charge on any atom is 0.317 e. The molecule has 0 aromatic carbocycles. The molecule has 0 saturated carbocycles. The van der Waals surface area contributed by atoms with E-state index in [1.54, 1.807) is 18.6 Å². The van der Waals surface area contributed by atoms with E-state index in [1.807, 2.05) is 25.7 Å². The summed E-state index contributed by atoms with van der Waals surface area (Å²) in [6.07, 6.45) is 7.48. The van der Waals surface area contributed by atoms with Crippen LogP contribution >= 0.6 is 0 Å². The number of carbonyl (C=O) groups excluding carboxylic acids is 1. The Kier molecular flexibility index (Phi) is 4.96. The highest BCUT2D eigenvalue weighted by Crippen LogP contribution is 2.22. The first-order chi connectivity index (χ1) is 11.9. The van der Waals surface area contributed by atoms with Crippen LogP contribution in [0.4, 0.5) is 4.79 Å². The number of amides is 2. The zero-order valence-corrected chi connectivity index (χ0v) is 14.9. The van der Waals surface area contributed by atoms with Gasteiger partial charge in [0.05, 0.1) is 6.20 Å². The first-order valence-corrected chi connectivity index (χ1v) is 8.57. The summed E-state index contributed by atoms with van der Waals surface area (Å²) in [5.41, 5.74) is 0.356. The summed E-state index contributed by atoms with van der Waals surface area (Å²) >= 11 is 0. The maximum atomic E-state index is 12.3. The molecule has 0 bridgehead atoms. The Balaban J connectivity index is 1.60. The highest BCUT2D eigenvalue weighted by atomic mass is 16.5. The van der Waals surface area contributed by atoms with Crippen molar-refractivity contribution in [3.05, 3.63) is 24.5 Å². The topological polar surface area (TPSA) is 97.0 Å². The number of nitrogens with zero attached hydrogens (tertiary/aromatic N) is 5. The van der Waals surface area contributed by atoms with E-state index in [0.717, 1.165) is 19.4 Å². The third-order valence-corrected chi connectivity index (χ3v) is 4.01. The van der Waals surface area contributed by atoms with E-state index >= 15 is 0 Å². The quantitative estimate of drug-likeness (QED) is 0.917. The summed E-state index contributed by atoms with van der Waals surface area (Å²) in [7, 11) is 0. The standard InChI is InChI=1S/C17H24N6O2/c1-17(2,3)21-16(24)23-8-4-5-12(11-23)9-14-20-15(22-25-14)13-10-18-6-7-19-13/h6-7,10,12H,4-5,8-9,11H2,1-3H3,(H,21,24)/t12-/m1/s1. The Hall–Kier alpha value is -2.51. The Morgan fingerprint density at radius 3 is 2.96 bits per heavy atom. The molecule has 134 valence electrons. The molecule has 25 heavy (non-hydrogen) atoms. The molecule has 2 aromatic rings. The number of carbonyl (C=O) groups is 1. The third kappa shape index (κ3) is 4.74. The summed E-state index contributed by atoms with van der Waals surface area (Å²) in [6.45, 7) is 7.44. The lowest BCUT2D eigenvalue weighted by Gasteiger charge is -2.34. The molecule has 1 N–H and O–H groups in total. The molecule has 1 aliphatic heterocycles. The van der Waals surface area contributed by atoms with Crippen molar-refractivity contribution in [2.24, 2.45) is 5.92 Å². The van der Waals surface area contributed by atoms with Crippen LogP contribution < -0.4 is 5.32 Å². The summed E-state index contributed by atoms with van der Waals surface area (Å²) in [5.74, 6) is 1.33. The number of urea groups is 1. The number of aromatic nitrogens is 4. The van der Waals surface area contributed by atoms with Gasteiger partial charge in [-0.25, -0.2) is 9.78 Å². The van der Waals surface area contributed by atoms with E-state index in [1.165, 1.54) is 0 Å². The molecule has 2 aromatic heterocycles. The molecule has 3 rings (SSSR count). The number of hydrogen-bond donors (Lipinski definition) is 1. The van der Waals surface area contributed by atoms with Crippen molar-refractivity contribution < 1.29 is 9.32 Å². The molecule has 1 atom stereocenters. The fourth-order valence-corrected chi connectivity index (χ4v) is 2.92. The highest BCUT2D eigenvalue weighted by molar-refractivity contribution is 5.75. The Labute approximate surface area is 147 Å². The van der Waals surface area contributed by atoms with Gasteiger partial charge in [-0.2, -0.15) is 4.98 Å². The maximum absolute atomic E-state index is 12.3. The molecule has 0 aliphatic carbocycles. The van der Waals surface area contributed by atoms with Gasteiger partial charge in [0.25, 0.3) is 0 Å². The fourth-order valence-electron chi connectivity index (χ4n) is 2.92. The second-order valence-electron chi connectivity index (χ2n) is 7.44. The van der Waals surface area contributed by atoms with Crippen LogP contribution in [0.5, 0.6) is 0 Å². The monoisotopic (exact) mass is 344 g/mol. The van der Waals surface area contributed by atoms with Gasteiger partial charge in [0, 0.05) is 37.4 Å². The average molecular weight is 344 g/mol. The van der Waals surface area contributed by atoms with Gasteiger partial charge in [0.15, 0.2) is 0 Å². The molecule has 1 aliphatic rings. The van der Waals surface area contributed by atoms with Crippen molar-refractivity contribution in [1.29, 1.82) is 0 Å². The van der Waals surface area contributed by atoms with Gasteiger partial charge in [-0.1, -0.05) is 5.16 Å². The van der Waals surface area contributed by atoms with Gasteiger partial charge in [0.2, 0.25) is 11.7 Å². The lowest BCUT2D eigenvalue weighted by atomic mass is 9.95.